The molecule has 0 aliphatic carbocycles. The van der Waals surface area contributed by atoms with Crippen LogP contribution in [0.3, 0.4) is 0 Å². The van der Waals surface area contributed by atoms with Crippen molar-refractivity contribution in [3.05, 3.63) is 47.8 Å². The van der Waals surface area contributed by atoms with Crippen LogP contribution in [-0.4, -0.2) is 42.5 Å². The summed E-state index contributed by atoms with van der Waals surface area (Å²) >= 11 is 0. The lowest BCUT2D eigenvalue weighted by molar-refractivity contribution is 0.414. The lowest BCUT2D eigenvalue weighted by Gasteiger charge is -2.13. The van der Waals surface area contributed by atoms with Gasteiger partial charge in [-0.2, -0.15) is 5.10 Å². The summed E-state index contributed by atoms with van der Waals surface area (Å²) in [6, 6.07) is 8.29. The van der Waals surface area contributed by atoms with Crippen molar-refractivity contribution in [1.29, 1.82) is 0 Å². The number of nitrogens with one attached hydrogen (secondary N) is 2. The first-order chi connectivity index (χ1) is 12.6. The van der Waals surface area contributed by atoms with E-state index in [1.54, 1.807) is 7.11 Å². The third kappa shape index (κ3) is 8.19. The number of aliphatic imine (C=N–C) groups is 1. The highest BCUT2D eigenvalue weighted by Crippen LogP contribution is 2.21. The van der Waals surface area contributed by atoms with Crippen LogP contribution in [0.1, 0.15) is 37.3 Å². The number of ether oxygens (including phenoxy) is 1. The zero-order valence-electron chi connectivity index (χ0n) is 16.7. The molecule has 2 rings (SSSR count). The number of aromatic nitrogens is 2. The van der Waals surface area contributed by atoms with Crippen LogP contribution in [0.25, 0.3) is 0 Å². The molecule has 150 valence electrons. The number of guanidine groups is 1. The fourth-order valence-electron chi connectivity index (χ4n) is 2.74. The molecule has 0 bridgehead atoms. The molecule has 2 aromatic rings. The van der Waals surface area contributed by atoms with Crippen LogP contribution in [0.2, 0.25) is 0 Å². The van der Waals surface area contributed by atoms with Crippen LogP contribution < -0.4 is 15.4 Å². The number of hydrogen-bond donors (Lipinski definition) is 2. The Morgan fingerprint density at radius 2 is 2.00 bits per heavy atom. The Bertz CT molecular complexity index is 684. The van der Waals surface area contributed by atoms with Crippen molar-refractivity contribution in [3.8, 4) is 5.75 Å². The van der Waals surface area contributed by atoms with E-state index in [-0.39, 0.29) is 24.0 Å². The molecule has 0 saturated heterocycles. The average molecular weight is 485 g/mol. The lowest BCUT2D eigenvalue weighted by Crippen LogP contribution is -2.38. The van der Waals surface area contributed by atoms with Gasteiger partial charge in [0.05, 0.1) is 13.3 Å². The van der Waals surface area contributed by atoms with E-state index in [0.29, 0.717) is 5.92 Å². The van der Waals surface area contributed by atoms with Crippen molar-refractivity contribution in [2.45, 2.75) is 32.6 Å². The largest absolute Gasteiger partial charge is 0.497 e. The zero-order valence-corrected chi connectivity index (χ0v) is 19.1. The standard InChI is InChI=1S/C20H31N5O.HI/c1-5-21-20(23-13-11-17-14-24-25(3)15-17)22-12-10-16(2)18-6-8-19(26-4)9-7-18;/h6-9,14-16H,5,10-13H2,1-4H3,(H2,21,22,23);1H. The second-order valence-corrected chi connectivity index (χ2v) is 6.42. The number of halogens is 1. The highest BCUT2D eigenvalue weighted by Gasteiger charge is 2.06. The van der Waals surface area contributed by atoms with E-state index < -0.39 is 0 Å². The fourth-order valence-corrected chi connectivity index (χ4v) is 2.74. The summed E-state index contributed by atoms with van der Waals surface area (Å²) in [5.41, 5.74) is 2.54. The quantitative estimate of drug-likeness (QED) is 0.325. The van der Waals surface area contributed by atoms with Gasteiger partial charge in [-0.15, -0.1) is 24.0 Å². The second-order valence-electron chi connectivity index (χ2n) is 6.42. The molecule has 0 saturated carbocycles. The van der Waals surface area contributed by atoms with Crippen molar-refractivity contribution >= 4 is 29.9 Å². The van der Waals surface area contributed by atoms with Crippen molar-refractivity contribution in [2.24, 2.45) is 12.0 Å². The van der Waals surface area contributed by atoms with E-state index in [1.165, 1.54) is 11.1 Å². The summed E-state index contributed by atoms with van der Waals surface area (Å²) in [6.45, 7) is 6.80. The Kier molecular flexibility index (Phi) is 10.8. The molecule has 0 fully saturated rings. The molecule has 1 aromatic carbocycles. The van der Waals surface area contributed by atoms with E-state index in [2.05, 4.69) is 41.7 Å². The summed E-state index contributed by atoms with van der Waals surface area (Å²) < 4.78 is 7.04. The number of methoxy groups -OCH3 is 1. The molecule has 7 heteroatoms. The fraction of sp³-hybridized carbons (Fsp3) is 0.500. The molecular weight excluding hydrogens is 453 g/mol. The molecule has 27 heavy (non-hydrogen) atoms. The summed E-state index contributed by atoms with van der Waals surface area (Å²) in [5.74, 6) is 2.23. The Labute approximate surface area is 179 Å². The Morgan fingerprint density at radius 1 is 1.26 bits per heavy atom. The Balaban J connectivity index is 0.00000364. The Hall–Kier alpha value is -1.77. The van der Waals surface area contributed by atoms with Crippen molar-refractivity contribution in [1.82, 2.24) is 20.4 Å². The van der Waals surface area contributed by atoms with Gasteiger partial charge in [-0.1, -0.05) is 19.1 Å². The summed E-state index contributed by atoms with van der Waals surface area (Å²) in [6.07, 6.45) is 5.89. The number of benzene rings is 1. The molecule has 6 nitrogen and oxygen atoms in total. The van der Waals surface area contributed by atoms with Crippen LogP contribution in [0.5, 0.6) is 5.75 Å². The van der Waals surface area contributed by atoms with Gasteiger partial charge in [0.2, 0.25) is 0 Å². The number of aryl methyl sites for hydroxylation is 1. The van der Waals surface area contributed by atoms with Crippen molar-refractivity contribution in [2.75, 3.05) is 26.7 Å². The molecule has 1 unspecified atom stereocenters. The lowest BCUT2D eigenvalue weighted by atomic mass is 9.98. The SMILES string of the molecule is CCNC(=NCCC(C)c1ccc(OC)cc1)NCCc1cnn(C)c1.I. The van der Waals surface area contributed by atoms with Crippen LogP contribution in [-0.2, 0) is 13.5 Å². The number of rotatable bonds is 9. The molecule has 2 N–H and O–H groups in total. The Morgan fingerprint density at radius 3 is 2.59 bits per heavy atom. The predicted molar refractivity (Wildman–Crippen MR) is 122 cm³/mol. The maximum Gasteiger partial charge on any atom is 0.191 e. The smallest absolute Gasteiger partial charge is 0.191 e. The number of hydrogen-bond acceptors (Lipinski definition) is 3. The highest BCUT2D eigenvalue weighted by atomic mass is 127. The molecule has 1 aromatic heterocycles. The first-order valence-corrected chi connectivity index (χ1v) is 9.26. The van der Waals surface area contributed by atoms with Crippen molar-refractivity contribution in [3.63, 3.8) is 0 Å². The molecule has 0 amide bonds. The maximum absolute atomic E-state index is 5.22. The zero-order chi connectivity index (χ0) is 18.8. The first kappa shape index (κ1) is 23.3. The van der Waals surface area contributed by atoms with Gasteiger partial charge < -0.3 is 15.4 Å². The summed E-state index contributed by atoms with van der Waals surface area (Å²) in [4.78, 5) is 4.70. The van der Waals surface area contributed by atoms with E-state index in [0.717, 1.165) is 44.2 Å². The predicted octanol–water partition coefficient (Wildman–Crippen LogP) is 3.34. The van der Waals surface area contributed by atoms with Gasteiger partial charge in [-0.3, -0.25) is 9.67 Å². The summed E-state index contributed by atoms with van der Waals surface area (Å²) in [7, 11) is 3.63. The van der Waals surface area contributed by atoms with E-state index in [9.17, 15) is 0 Å². The second kappa shape index (κ2) is 12.6. The van der Waals surface area contributed by atoms with Gasteiger partial charge >= 0.3 is 0 Å². The normalized spacial score (nSPS) is 12.2. The average Bonchev–Trinajstić information content (AvgIpc) is 3.07. The van der Waals surface area contributed by atoms with Crippen LogP contribution >= 0.6 is 24.0 Å². The minimum atomic E-state index is 0. The van der Waals surface area contributed by atoms with Gasteiger partial charge in [-0.25, -0.2) is 0 Å². The van der Waals surface area contributed by atoms with Gasteiger partial charge in [0.1, 0.15) is 5.75 Å². The van der Waals surface area contributed by atoms with Gasteiger partial charge in [-0.05, 0) is 48.9 Å². The van der Waals surface area contributed by atoms with Crippen LogP contribution in [0.4, 0.5) is 0 Å². The minimum Gasteiger partial charge on any atom is -0.497 e. The molecule has 0 spiro atoms. The topological polar surface area (TPSA) is 63.5 Å². The molecular formula is C20H32IN5O. The molecule has 1 heterocycles. The maximum atomic E-state index is 5.22. The molecule has 0 aliphatic heterocycles. The van der Waals surface area contributed by atoms with E-state index >= 15 is 0 Å². The van der Waals surface area contributed by atoms with Gasteiger partial charge in [0.15, 0.2) is 5.96 Å². The first-order valence-electron chi connectivity index (χ1n) is 9.26. The summed E-state index contributed by atoms with van der Waals surface area (Å²) in [5, 5.41) is 10.9. The van der Waals surface area contributed by atoms with E-state index in [1.807, 2.05) is 36.3 Å². The third-order valence-electron chi connectivity index (χ3n) is 4.33. The highest BCUT2D eigenvalue weighted by molar-refractivity contribution is 14.0. The van der Waals surface area contributed by atoms with Crippen LogP contribution in [0, 0.1) is 0 Å². The minimum absolute atomic E-state index is 0. The van der Waals surface area contributed by atoms with Gasteiger partial charge in [0.25, 0.3) is 0 Å². The molecule has 0 radical (unpaired) electrons. The van der Waals surface area contributed by atoms with Crippen LogP contribution in [0.15, 0.2) is 41.7 Å². The van der Waals surface area contributed by atoms with E-state index in [4.69, 9.17) is 9.73 Å². The molecule has 0 aliphatic rings. The van der Waals surface area contributed by atoms with Gasteiger partial charge in [0, 0.05) is 32.9 Å². The number of nitrogens with zero attached hydrogens (tertiary/aromatic N) is 3. The third-order valence-corrected chi connectivity index (χ3v) is 4.33. The molecule has 1 atom stereocenters. The van der Waals surface area contributed by atoms with Crippen molar-refractivity contribution < 1.29 is 4.74 Å². The monoisotopic (exact) mass is 485 g/mol.